The fourth-order valence-electron chi connectivity index (χ4n) is 3.21. The van der Waals surface area contributed by atoms with Gasteiger partial charge in [-0.25, -0.2) is 4.79 Å². The minimum absolute atomic E-state index is 0.194. The predicted octanol–water partition coefficient (Wildman–Crippen LogP) is 2.59. The van der Waals surface area contributed by atoms with Gasteiger partial charge in [-0.05, 0) is 12.0 Å². The van der Waals surface area contributed by atoms with Gasteiger partial charge in [0.05, 0.1) is 45.2 Å². The van der Waals surface area contributed by atoms with Crippen molar-refractivity contribution >= 4 is 28.4 Å². The number of nitrogens with zero attached hydrogens (tertiary/aromatic N) is 1. The van der Waals surface area contributed by atoms with E-state index in [1.165, 1.54) is 14.2 Å². The molecule has 9 heteroatoms. The van der Waals surface area contributed by atoms with Crippen molar-refractivity contribution in [1.29, 1.82) is 0 Å². The molecule has 1 aliphatic rings. The number of anilines is 2. The average molecular weight is 405 g/mol. The Bertz CT molecular complexity index is 934. The van der Waals surface area contributed by atoms with Crippen LogP contribution in [0.15, 0.2) is 16.9 Å². The largest absolute Gasteiger partial charge is 0.493 e. The highest BCUT2D eigenvalue weighted by Gasteiger charge is 2.24. The number of morpholine rings is 1. The van der Waals surface area contributed by atoms with Gasteiger partial charge in [0.2, 0.25) is 0 Å². The van der Waals surface area contributed by atoms with Crippen molar-refractivity contribution in [2.24, 2.45) is 5.92 Å². The predicted molar refractivity (Wildman–Crippen MR) is 111 cm³/mol. The van der Waals surface area contributed by atoms with Crippen LogP contribution in [0, 0.1) is 5.92 Å². The van der Waals surface area contributed by atoms with Gasteiger partial charge in [-0.2, -0.15) is 0 Å². The smallest absolute Gasteiger partial charge is 0.411 e. The van der Waals surface area contributed by atoms with Crippen LogP contribution in [0.25, 0.3) is 10.9 Å². The van der Waals surface area contributed by atoms with Gasteiger partial charge in [-0.3, -0.25) is 10.1 Å². The first kappa shape index (κ1) is 20.8. The van der Waals surface area contributed by atoms with Crippen LogP contribution in [0.4, 0.5) is 16.2 Å². The first-order valence-corrected chi connectivity index (χ1v) is 9.53. The molecular formula is C20H27N3O6. The highest BCUT2D eigenvalue weighted by Crippen LogP contribution is 2.37. The summed E-state index contributed by atoms with van der Waals surface area (Å²) < 4.78 is 21.4. The van der Waals surface area contributed by atoms with Crippen molar-refractivity contribution in [2.45, 2.75) is 13.8 Å². The number of amides is 1. The van der Waals surface area contributed by atoms with Gasteiger partial charge in [0, 0.05) is 24.5 Å². The lowest BCUT2D eigenvalue weighted by Gasteiger charge is -2.30. The quantitative estimate of drug-likeness (QED) is 0.761. The van der Waals surface area contributed by atoms with Crippen LogP contribution >= 0.6 is 0 Å². The highest BCUT2D eigenvalue weighted by molar-refractivity contribution is 6.05. The molecule has 1 saturated heterocycles. The van der Waals surface area contributed by atoms with Crippen molar-refractivity contribution in [3.05, 3.63) is 22.5 Å². The maximum atomic E-state index is 13.0. The molecule has 0 atom stereocenters. The number of H-pyrrole nitrogens is 1. The normalized spacial score (nSPS) is 14.2. The first-order chi connectivity index (χ1) is 13.9. The monoisotopic (exact) mass is 405 g/mol. The van der Waals surface area contributed by atoms with Gasteiger partial charge in [0.25, 0.3) is 5.56 Å². The molecule has 1 aromatic carbocycles. The maximum absolute atomic E-state index is 13.0. The van der Waals surface area contributed by atoms with Crippen molar-refractivity contribution in [1.82, 2.24) is 4.98 Å². The molecule has 1 aliphatic heterocycles. The fraction of sp³-hybridized carbons (Fsp3) is 0.500. The van der Waals surface area contributed by atoms with Crippen LogP contribution in [0.2, 0.25) is 0 Å². The number of methoxy groups -OCH3 is 2. The summed E-state index contributed by atoms with van der Waals surface area (Å²) >= 11 is 0. The fourth-order valence-corrected chi connectivity index (χ4v) is 3.21. The number of nitrogens with one attached hydrogen (secondary N) is 2. The summed E-state index contributed by atoms with van der Waals surface area (Å²) in [4.78, 5) is 30.2. The summed E-state index contributed by atoms with van der Waals surface area (Å²) in [5.41, 5.74) is 0.949. The zero-order valence-electron chi connectivity index (χ0n) is 17.2. The molecule has 29 heavy (non-hydrogen) atoms. The lowest BCUT2D eigenvalue weighted by Crippen LogP contribution is -2.40. The van der Waals surface area contributed by atoms with Crippen molar-refractivity contribution in [3.8, 4) is 11.5 Å². The Morgan fingerprint density at radius 2 is 1.86 bits per heavy atom. The topological polar surface area (TPSA) is 102 Å². The number of benzene rings is 1. The average Bonchev–Trinajstić information content (AvgIpc) is 2.72. The molecule has 0 bridgehead atoms. The lowest BCUT2D eigenvalue weighted by molar-refractivity contribution is 0.122. The Balaban J connectivity index is 2.14. The lowest BCUT2D eigenvalue weighted by atomic mass is 10.1. The molecule has 0 saturated carbocycles. The van der Waals surface area contributed by atoms with Crippen molar-refractivity contribution in [2.75, 3.05) is 57.3 Å². The first-order valence-electron chi connectivity index (χ1n) is 9.53. The van der Waals surface area contributed by atoms with Crippen LogP contribution in [-0.4, -0.2) is 58.2 Å². The number of carbonyl (C=O) groups is 1. The second kappa shape index (κ2) is 9.04. The Kier molecular flexibility index (Phi) is 6.48. The van der Waals surface area contributed by atoms with E-state index in [1.807, 2.05) is 18.7 Å². The van der Waals surface area contributed by atoms with Gasteiger partial charge in [0.1, 0.15) is 5.69 Å². The standard InChI is InChI=1S/C20H27N3O6/c1-12(2)11-29-20(25)22-17-13-9-15(26-3)16(27-4)10-14(13)21-19(24)18(17)23-5-7-28-8-6-23/h9-10,12H,5-8,11H2,1-4H3,(H2,21,22,24,25). The minimum Gasteiger partial charge on any atom is -0.493 e. The highest BCUT2D eigenvalue weighted by atomic mass is 16.5. The molecule has 0 unspecified atom stereocenters. The van der Waals surface area contributed by atoms with E-state index < -0.39 is 6.09 Å². The maximum Gasteiger partial charge on any atom is 0.411 e. The molecule has 2 heterocycles. The number of pyridine rings is 1. The van der Waals surface area contributed by atoms with Gasteiger partial charge in [-0.1, -0.05) is 13.8 Å². The second-order valence-corrected chi connectivity index (χ2v) is 7.15. The number of rotatable bonds is 6. The molecule has 2 N–H and O–H groups in total. The van der Waals surface area contributed by atoms with Crippen LogP contribution in [0.1, 0.15) is 13.8 Å². The number of aromatic amines is 1. The molecule has 0 aliphatic carbocycles. The van der Waals surface area contributed by atoms with Crippen molar-refractivity contribution in [3.63, 3.8) is 0 Å². The summed E-state index contributed by atoms with van der Waals surface area (Å²) in [6, 6.07) is 3.40. The molecule has 3 rings (SSSR count). The Morgan fingerprint density at radius 1 is 1.21 bits per heavy atom. The van der Waals surface area contributed by atoms with E-state index >= 15 is 0 Å². The molecule has 0 radical (unpaired) electrons. The Hall–Kier alpha value is -2.94. The van der Waals surface area contributed by atoms with Crippen LogP contribution < -0.4 is 25.2 Å². The van der Waals surface area contributed by atoms with E-state index in [0.29, 0.717) is 60.1 Å². The van der Waals surface area contributed by atoms with Gasteiger partial charge in [-0.15, -0.1) is 0 Å². The molecule has 2 aromatic rings. The van der Waals surface area contributed by atoms with Gasteiger partial charge < -0.3 is 28.8 Å². The number of hydrogen-bond acceptors (Lipinski definition) is 7. The van der Waals surface area contributed by atoms with E-state index in [0.717, 1.165) is 0 Å². The molecule has 0 spiro atoms. The molecule has 1 aromatic heterocycles. The summed E-state index contributed by atoms with van der Waals surface area (Å²) in [7, 11) is 3.05. The number of ether oxygens (including phenoxy) is 4. The van der Waals surface area contributed by atoms with Crippen LogP contribution in [0.5, 0.6) is 11.5 Å². The number of hydrogen-bond donors (Lipinski definition) is 2. The zero-order valence-corrected chi connectivity index (χ0v) is 17.2. The SMILES string of the molecule is COc1cc2[nH]c(=O)c(N3CCOCC3)c(NC(=O)OCC(C)C)c2cc1OC. The Morgan fingerprint density at radius 3 is 2.48 bits per heavy atom. The van der Waals surface area contributed by atoms with E-state index in [1.54, 1.807) is 12.1 Å². The van der Waals surface area contributed by atoms with Gasteiger partial charge >= 0.3 is 6.09 Å². The number of fused-ring (bicyclic) bond motifs is 1. The molecule has 1 fully saturated rings. The second-order valence-electron chi connectivity index (χ2n) is 7.15. The zero-order chi connectivity index (χ0) is 21.0. The van der Waals surface area contributed by atoms with Gasteiger partial charge in [0.15, 0.2) is 11.5 Å². The summed E-state index contributed by atoms with van der Waals surface area (Å²) in [6.45, 7) is 6.26. The molecule has 9 nitrogen and oxygen atoms in total. The van der Waals surface area contributed by atoms with E-state index in [4.69, 9.17) is 18.9 Å². The van der Waals surface area contributed by atoms with E-state index in [-0.39, 0.29) is 18.1 Å². The third kappa shape index (κ3) is 4.56. The third-order valence-corrected chi connectivity index (χ3v) is 4.60. The molecular weight excluding hydrogens is 378 g/mol. The van der Waals surface area contributed by atoms with E-state index in [2.05, 4.69) is 10.3 Å². The third-order valence-electron chi connectivity index (χ3n) is 4.60. The number of carbonyl (C=O) groups excluding carboxylic acids is 1. The molecule has 158 valence electrons. The summed E-state index contributed by atoms with van der Waals surface area (Å²) in [5, 5.41) is 3.39. The number of aromatic nitrogens is 1. The van der Waals surface area contributed by atoms with Crippen molar-refractivity contribution < 1.29 is 23.7 Å². The van der Waals surface area contributed by atoms with Crippen LogP contribution in [-0.2, 0) is 9.47 Å². The summed E-state index contributed by atoms with van der Waals surface area (Å²) in [6.07, 6.45) is -0.616. The minimum atomic E-state index is -0.616. The van der Waals surface area contributed by atoms with Crippen LogP contribution in [0.3, 0.4) is 0 Å². The van der Waals surface area contributed by atoms with E-state index in [9.17, 15) is 9.59 Å². The Labute approximate surface area is 168 Å². The molecule has 1 amide bonds. The summed E-state index contributed by atoms with van der Waals surface area (Å²) in [5.74, 6) is 1.15.